The Hall–Kier alpha value is -2.46. The molecule has 30 heavy (non-hydrogen) atoms. The second kappa shape index (κ2) is 9.57. The van der Waals surface area contributed by atoms with Gasteiger partial charge in [0.1, 0.15) is 6.61 Å². The van der Waals surface area contributed by atoms with Crippen molar-refractivity contribution in [1.82, 2.24) is 4.31 Å². The molecular weight excluding hydrogens is 434 g/mol. The molecule has 0 saturated carbocycles. The predicted octanol–water partition coefficient (Wildman–Crippen LogP) is 2.50. The number of ether oxygens (including phenoxy) is 3. The molecule has 1 saturated heterocycles. The quantitative estimate of drug-likeness (QED) is 0.619. The van der Waals surface area contributed by atoms with E-state index >= 15 is 0 Å². The average Bonchev–Trinajstić information content (AvgIpc) is 2.78. The van der Waals surface area contributed by atoms with Crippen LogP contribution in [0.25, 0.3) is 0 Å². The number of esters is 2. The van der Waals surface area contributed by atoms with Gasteiger partial charge in [-0.1, -0.05) is 23.7 Å². The van der Waals surface area contributed by atoms with E-state index in [0.717, 1.165) is 0 Å². The standard InChI is InChI=1S/C20H20ClNO7S/c1-27-19(23)15-4-2-14(3-5-15)13-29-20(24)17-12-16(6-7-18(17)21)30(25,26)22-8-10-28-11-9-22/h2-7,12H,8-11,13H2,1H3. The van der Waals surface area contributed by atoms with Crippen LogP contribution >= 0.6 is 11.6 Å². The molecule has 2 aromatic carbocycles. The minimum Gasteiger partial charge on any atom is -0.465 e. The lowest BCUT2D eigenvalue weighted by atomic mass is 10.1. The number of morpholine rings is 1. The molecule has 8 nitrogen and oxygen atoms in total. The minimum absolute atomic E-state index is 0.0387. The zero-order valence-corrected chi connectivity index (χ0v) is 17.7. The van der Waals surface area contributed by atoms with Crippen LogP contribution in [0.3, 0.4) is 0 Å². The highest BCUT2D eigenvalue weighted by Crippen LogP contribution is 2.24. The Bertz CT molecular complexity index is 1030. The summed E-state index contributed by atoms with van der Waals surface area (Å²) >= 11 is 6.10. The first-order valence-corrected chi connectivity index (χ1v) is 10.9. The van der Waals surface area contributed by atoms with Gasteiger partial charge in [0.25, 0.3) is 0 Å². The minimum atomic E-state index is -3.77. The third kappa shape index (κ3) is 4.99. The number of methoxy groups -OCH3 is 1. The SMILES string of the molecule is COC(=O)c1ccc(COC(=O)c2cc(S(=O)(=O)N3CCOCC3)ccc2Cl)cc1. The van der Waals surface area contributed by atoms with Gasteiger partial charge in [-0.2, -0.15) is 4.31 Å². The number of sulfonamides is 1. The molecule has 0 aromatic heterocycles. The molecule has 0 spiro atoms. The fourth-order valence-corrected chi connectivity index (χ4v) is 4.47. The van der Waals surface area contributed by atoms with Crippen LogP contribution in [0.2, 0.25) is 5.02 Å². The van der Waals surface area contributed by atoms with Crippen LogP contribution in [0.5, 0.6) is 0 Å². The molecule has 0 radical (unpaired) electrons. The van der Waals surface area contributed by atoms with Crippen molar-refractivity contribution in [2.75, 3.05) is 33.4 Å². The summed E-state index contributed by atoms with van der Waals surface area (Å²) < 4.78 is 42.0. The first-order chi connectivity index (χ1) is 14.3. The first-order valence-electron chi connectivity index (χ1n) is 9.05. The Morgan fingerprint density at radius 2 is 1.73 bits per heavy atom. The molecule has 0 aliphatic carbocycles. The van der Waals surface area contributed by atoms with Crippen molar-refractivity contribution < 1.29 is 32.2 Å². The summed E-state index contributed by atoms with van der Waals surface area (Å²) in [6, 6.07) is 10.3. The van der Waals surface area contributed by atoms with E-state index in [1.807, 2.05) is 0 Å². The second-order valence-corrected chi connectivity index (χ2v) is 8.77. The molecule has 1 heterocycles. The molecule has 160 valence electrons. The van der Waals surface area contributed by atoms with Crippen molar-refractivity contribution in [2.45, 2.75) is 11.5 Å². The molecule has 0 N–H and O–H groups in total. The van der Waals surface area contributed by atoms with Gasteiger partial charge in [0.05, 0.1) is 41.4 Å². The third-order valence-electron chi connectivity index (χ3n) is 4.51. The summed E-state index contributed by atoms with van der Waals surface area (Å²) in [6.07, 6.45) is 0. The van der Waals surface area contributed by atoms with Gasteiger partial charge in [-0.25, -0.2) is 18.0 Å². The molecule has 0 unspecified atom stereocenters. The molecule has 1 aliphatic heterocycles. The predicted molar refractivity (Wildman–Crippen MR) is 108 cm³/mol. The summed E-state index contributed by atoms with van der Waals surface area (Å²) in [5.41, 5.74) is 0.970. The Morgan fingerprint density at radius 3 is 2.37 bits per heavy atom. The van der Waals surface area contributed by atoms with Gasteiger partial charge in [0, 0.05) is 13.1 Å². The van der Waals surface area contributed by atoms with Crippen molar-refractivity contribution in [3.05, 3.63) is 64.2 Å². The first kappa shape index (κ1) is 22.2. The lowest BCUT2D eigenvalue weighted by Gasteiger charge is -2.26. The maximum Gasteiger partial charge on any atom is 0.340 e. The van der Waals surface area contributed by atoms with Gasteiger partial charge in [-0.3, -0.25) is 0 Å². The number of carbonyl (C=O) groups excluding carboxylic acids is 2. The maximum atomic E-state index is 12.8. The van der Waals surface area contributed by atoms with Gasteiger partial charge in [-0.15, -0.1) is 0 Å². The molecule has 10 heteroatoms. The van der Waals surface area contributed by atoms with Gasteiger partial charge < -0.3 is 14.2 Å². The van der Waals surface area contributed by atoms with Crippen LogP contribution in [0.1, 0.15) is 26.3 Å². The zero-order chi connectivity index (χ0) is 21.7. The summed E-state index contributed by atoms with van der Waals surface area (Å²) in [5, 5.41) is 0.0852. The van der Waals surface area contributed by atoms with E-state index in [4.69, 9.17) is 21.1 Å². The van der Waals surface area contributed by atoms with E-state index in [1.54, 1.807) is 24.3 Å². The number of hydrogen-bond donors (Lipinski definition) is 0. The van der Waals surface area contributed by atoms with Crippen LogP contribution in [-0.2, 0) is 30.8 Å². The molecule has 2 aromatic rings. The molecule has 0 bridgehead atoms. The lowest BCUT2D eigenvalue weighted by Crippen LogP contribution is -2.40. The Morgan fingerprint density at radius 1 is 1.07 bits per heavy atom. The zero-order valence-electron chi connectivity index (χ0n) is 16.2. The van der Waals surface area contributed by atoms with E-state index in [2.05, 4.69) is 4.74 Å². The van der Waals surface area contributed by atoms with E-state index < -0.39 is 22.0 Å². The van der Waals surface area contributed by atoms with Crippen LogP contribution in [0.4, 0.5) is 0 Å². The third-order valence-corrected chi connectivity index (χ3v) is 6.73. The van der Waals surface area contributed by atoms with E-state index in [-0.39, 0.29) is 35.2 Å². The van der Waals surface area contributed by atoms with E-state index in [9.17, 15) is 18.0 Å². The smallest absolute Gasteiger partial charge is 0.340 e. The number of hydrogen-bond acceptors (Lipinski definition) is 7. The Kier molecular flexibility index (Phi) is 7.09. The highest BCUT2D eigenvalue weighted by Gasteiger charge is 2.28. The summed E-state index contributed by atoms with van der Waals surface area (Å²) in [7, 11) is -2.49. The summed E-state index contributed by atoms with van der Waals surface area (Å²) in [4.78, 5) is 23.9. The lowest BCUT2D eigenvalue weighted by molar-refractivity contribution is 0.0471. The number of halogens is 1. The van der Waals surface area contributed by atoms with Gasteiger partial charge in [0.15, 0.2) is 0 Å². The molecule has 1 fully saturated rings. The maximum absolute atomic E-state index is 12.8. The largest absolute Gasteiger partial charge is 0.465 e. The van der Waals surface area contributed by atoms with Crippen molar-refractivity contribution in [3.8, 4) is 0 Å². The highest BCUT2D eigenvalue weighted by atomic mass is 35.5. The Labute approximate surface area is 179 Å². The molecule has 0 amide bonds. The number of benzene rings is 2. The van der Waals surface area contributed by atoms with Crippen molar-refractivity contribution in [2.24, 2.45) is 0 Å². The van der Waals surface area contributed by atoms with Crippen LogP contribution < -0.4 is 0 Å². The van der Waals surface area contributed by atoms with Crippen molar-refractivity contribution in [1.29, 1.82) is 0 Å². The highest BCUT2D eigenvalue weighted by molar-refractivity contribution is 7.89. The topological polar surface area (TPSA) is 99.2 Å². The fourth-order valence-electron chi connectivity index (χ4n) is 2.84. The van der Waals surface area contributed by atoms with E-state index in [1.165, 1.54) is 29.6 Å². The van der Waals surface area contributed by atoms with Crippen LogP contribution in [-0.4, -0.2) is 58.1 Å². The normalized spacial score (nSPS) is 14.9. The van der Waals surface area contributed by atoms with Gasteiger partial charge in [0.2, 0.25) is 10.0 Å². The molecular formula is C20H20ClNO7S. The number of nitrogens with zero attached hydrogens (tertiary/aromatic N) is 1. The van der Waals surface area contributed by atoms with Crippen molar-refractivity contribution >= 4 is 33.6 Å². The van der Waals surface area contributed by atoms with Crippen LogP contribution in [0.15, 0.2) is 47.4 Å². The van der Waals surface area contributed by atoms with Gasteiger partial charge >= 0.3 is 11.9 Å². The Balaban J connectivity index is 1.73. The second-order valence-electron chi connectivity index (χ2n) is 6.42. The molecule has 0 atom stereocenters. The van der Waals surface area contributed by atoms with Crippen LogP contribution in [0, 0.1) is 0 Å². The average molecular weight is 454 g/mol. The molecule has 3 rings (SSSR count). The number of carbonyl (C=O) groups is 2. The van der Waals surface area contributed by atoms with Crippen molar-refractivity contribution in [3.63, 3.8) is 0 Å². The molecule has 1 aliphatic rings. The fraction of sp³-hybridized carbons (Fsp3) is 0.300. The van der Waals surface area contributed by atoms with E-state index in [0.29, 0.717) is 24.3 Å². The summed E-state index contributed by atoms with van der Waals surface area (Å²) in [5.74, 6) is -1.22. The van der Waals surface area contributed by atoms with Gasteiger partial charge in [-0.05, 0) is 35.9 Å². The number of rotatable bonds is 6. The monoisotopic (exact) mass is 453 g/mol. The summed E-state index contributed by atoms with van der Waals surface area (Å²) in [6.45, 7) is 1.04.